The minimum absolute atomic E-state index is 0.663. The number of aryl methyl sites for hydroxylation is 1. The van der Waals surface area contributed by atoms with Gasteiger partial charge in [0, 0.05) is 18.0 Å². The maximum Gasteiger partial charge on any atom is 0.162 e. The Bertz CT molecular complexity index is 1030. The molecule has 0 saturated heterocycles. The van der Waals surface area contributed by atoms with Crippen LogP contribution in [0, 0.1) is 6.92 Å². The van der Waals surface area contributed by atoms with E-state index in [9.17, 15) is 0 Å². The summed E-state index contributed by atoms with van der Waals surface area (Å²) >= 11 is 0. The molecule has 0 unspecified atom stereocenters. The summed E-state index contributed by atoms with van der Waals surface area (Å²) in [5.74, 6) is 1.48. The SMILES string of the molecule is C=C/C(=C\C=C/C)c1nc(NC)c2ccc(-c3cccc(C)c3)cc2n1.CCC. The summed E-state index contributed by atoms with van der Waals surface area (Å²) in [4.78, 5) is 9.46. The van der Waals surface area contributed by atoms with Crippen molar-refractivity contribution < 1.29 is 0 Å². The molecule has 1 N–H and O–H groups in total. The second kappa shape index (κ2) is 11.0. The number of nitrogens with zero attached hydrogens (tertiary/aromatic N) is 2. The first kappa shape index (κ1) is 22.1. The molecule has 29 heavy (non-hydrogen) atoms. The first-order valence-electron chi connectivity index (χ1n) is 10.1. The Balaban J connectivity index is 0.000000941. The largest absolute Gasteiger partial charge is 0.373 e. The molecule has 3 nitrogen and oxygen atoms in total. The Morgan fingerprint density at radius 1 is 1.07 bits per heavy atom. The Morgan fingerprint density at radius 3 is 2.41 bits per heavy atom. The van der Waals surface area contributed by atoms with Crippen molar-refractivity contribution in [2.45, 2.75) is 34.1 Å². The zero-order valence-electron chi connectivity index (χ0n) is 18.2. The topological polar surface area (TPSA) is 37.8 Å². The minimum atomic E-state index is 0.663. The minimum Gasteiger partial charge on any atom is -0.373 e. The van der Waals surface area contributed by atoms with E-state index in [0.717, 1.165) is 27.9 Å². The van der Waals surface area contributed by atoms with Crippen molar-refractivity contribution in [2.75, 3.05) is 12.4 Å². The van der Waals surface area contributed by atoms with Crippen LogP contribution in [0.3, 0.4) is 0 Å². The van der Waals surface area contributed by atoms with Crippen molar-refractivity contribution in [1.29, 1.82) is 0 Å². The van der Waals surface area contributed by atoms with Gasteiger partial charge in [0.05, 0.1) is 5.52 Å². The van der Waals surface area contributed by atoms with E-state index in [0.29, 0.717) is 5.82 Å². The molecule has 0 atom stereocenters. The third kappa shape index (κ3) is 5.64. The van der Waals surface area contributed by atoms with Crippen LogP contribution in [-0.2, 0) is 0 Å². The second-order valence-electron chi connectivity index (χ2n) is 6.81. The highest BCUT2D eigenvalue weighted by atomic mass is 15.0. The fourth-order valence-corrected chi connectivity index (χ4v) is 2.89. The summed E-state index contributed by atoms with van der Waals surface area (Å²) in [6.07, 6.45) is 8.94. The van der Waals surface area contributed by atoms with Gasteiger partial charge in [0.2, 0.25) is 0 Å². The maximum absolute atomic E-state index is 4.79. The van der Waals surface area contributed by atoms with Crippen molar-refractivity contribution in [1.82, 2.24) is 9.97 Å². The van der Waals surface area contributed by atoms with Gasteiger partial charge in [0.1, 0.15) is 5.82 Å². The lowest BCUT2D eigenvalue weighted by atomic mass is 10.0. The zero-order chi connectivity index (χ0) is 21.2. The first-order chi connectivity index (χ1) is 14.1. The molecule has 0 saturated carbocycles. The van der Waals surface area contributed by atoms with Crippen LogP contribution in [0.5, 0.6) is 0 Å². The molecular formula is C26H31N3. The summed E-state index contributed by atoms with van der Waals surface area (Å²) in [6, 6.07) is 14.8. The average molecular weight is 386 g/mol. The molecule has 1 aromatic heterocycles. The molecule has 0 aliphatic carbocycles. The molecule has 3 heteroatoms. The van der Waals surface area contributed by atoms with Gasteiger partial charge in [0.25, 0.3) is 0 Å². The molecule has 0 fully saturated rings. The molecule has 3 aromatic rings. The van der Waals surface area contributed by atoms with Gasteiger partial charge in [-0.25, -0.2) is 9.97 Å². The third-order valence-corrected chi connectivity index (χ3v) is 4.23. The Hall–Kier alpha value is -3.20. The lowest BCUT2D eigenvalue weighted by Gasteiger charge is -2.10. The molecule has 2 aromatic carbocycles. The van der Waals surface area contributed by atoms with Crippen LogP contribution in [0.4, 0.5) is 5.82 Å². The van der Waals surface area contributed by atoms with E-state index in [1.54, 1.807) is 6.08 Å². The number of nitrogens with one attached hydrogen (secondary N) is 1. The molecule has 0 aliphatic rings. The second-order valence-corrected chi connectivity index (χ2v) is 6.81. The van der Waals surface area contributed by atoms with Crippen LogP contribution in [0.1, 0.15) is 38.6 Å². The van der Waals surface area contributed by atoms with Crippen molar-refractivity contribution in [3.8, 4) is 11.1 Å². The first-order valence-corrected chi connectivity index (χ1v) is 10.1. The van der Waals surface area contributed by atoms with Crippen molar-refractivity contribution in [3.63, 3.8) is 0 Å². The van der Waals surface area contributed by atoms with Gasteiger partial charge < -0.3 is 5.32 Å². The van der Waals surface area contributed by atoms with E-state index >= 15 is 0 Å². The molecular weight excluding hydrogens is 354 g/mol. The average Bonchev–Trinajstić information content (AvgIpc) is 2.73. The normalized spacial score (nSPS) is 11.3. The van der Waals surface area contributed by atoms with Crippen LogP contribution in [0.2, 0.25) is 0 Å². The lowest BCUT2D eigenvalue weighted by Crippen LogP contribution is -2.01. The number of hydrogen-bond acceptors (Lipinski definition) is 3. The standard InChI is InChI=1S/C23H23N3.C3H8/c1-5-7-10-17(6-2)22-25-21-15-19(18-11-8-9-16(3)14-18)12-13-20(21)23(24-4)26-22;1-3-2/h5-15H,2H2,1,3-4H3,(H,24,25,26);3H2,1-2H3/b7-5-,17-10+;. The number of allylic oxidation sites excluding steroid dienone is 5. The van der Waals surface area contributed by atoms with Crippen LogP contribution in [0.25, 0.3) is 27.6 Å². The molecule has 0 aliphatic heterocycles. The highest BCUT2D eigenvalue weighted by Gasteiger charge is 2.10. The van der Waals surface area contributed by atoms with Gasteiger partial charge in [-0.05, 0) is 37.1 Å². The molecule has 150 valence electrons. The monoisotopic (exact) mass is 385 g/mol. The molecule has 0 spiro atoms. The van der Waals surface area contributed by atoms with Crippen molar-refractivity contribution in [2.24, 2.45) is 0 Å². The van der Waals surface area contributed by atoms with E-state index in [2.05, 4.69) is 80.1 Å². The fraction of sp³-hybridized carbons (Fsp3) is 0.231. The van der Waals surface area contributed by atoms with Gasteiger partial charge >= 0.3 is 0 Å². The fourth-order valence-electron chi connectivity index (χ4n) is 2.89. The molecule has 0 amide bonds. The van der Waals surface area contributed by atoms with Gasteiger partial charge in [-0.3, -0.25) is 0 Å². The van der Waals surface area contributed by atoms with Gasteiger partial charge in [-0.15, -0.1) is 0 Å². The summed E-state index contributed by atoms with van der Waals surface area (Å²) in [6.45, 7) is 12.2. The van der Waals surface area contributed by atoms with Crippen LogP contribution in [-0.4, -0.2) is 17.0 Å². The number of anilines is 1. The van der Waals surface area contributed by atoms with Crippen molar-refractivity contribution in [3.05, 3.63) is 84.7 Å². The van der Waals surface area contributed by atoms with Gasteiger partial charge in [-0.2, -0.15) is 0 Å². The van der Waals surface area contributed by atoms with Crippen LogP contribution >= 0.6 is 0 Å². The van der Waals surface area contributed by atoms with E-state index in [-0.39, 0.29) is 0 Å². The molecule has 0 bridgehead atoms. The lowest BCUT2D eigenvalue weighted by molar-refractivity contribution is 1.09. The Kier molecular flexibility index (Phi) is 8.35. The quantitative estimate of drug-likeness (QED) is 0.472. The third-order valence-electron chi connectivity index (χ3n) is 4.23. The smallest absolute Gasteiger partial charge is 0.162 e. The highest BCUT2D eigenvalue weighted by Crippen LogP contribution is 2.28. The number of rotatable bonds is 5. The van der Waals surface area contributed by atoms with Gasteiger partial charge in [0.15, 0.2) is 5.82 Å². The Morgan fingerprint density at radius 2 is 1.79 bits per heavy atom. The van der Waals surface area contributed by atoms with E-state index in [1.165, 1.54) is 17.5 Å². The highest BCUT2D eigenvalue weighted by molar-refractivity contribution is 5.93. The summed E-state index contributed by atoms with van der Waals surface area (Å²) in [5.41, 5.74) is 5.37. The van der Waals surface area contributed by atoms with Crippen LogP contribution in [0.15, 0.2) is 73.3 Å². The summed E-state index contributed by atoms with van der Waals surface area (Å²) in [5, 5.41) is 4.19. The number of aromatic nitrogens is 2. The van der Waals surface area contributed by atoms with E-state index in [1.807, 2.05) is 32.2 Å². The molecule has 3 rings (SSSR count). The zero-order valence-corrected chi connectivity index (χ0v) is 18.2. The number of benzene rings is 2. The summed E-state index contributed by atoms with van der Waals surface area (Å²) in [7, 11) is 1.88. The van der Waals surface area contributed by atoms with E-state index < -0.39 is 0 Å². The number of hydrogen-bond donors (Lipinski definition) is 1. The predicted molar refractivity (Wildman–Crippen MR) is 128 cm³/mol. The molecule has 1 heterocycles. The maximum atomic E-state index is 4.79. The van der Waals surface area contributed by atoms with Crippen LogP contribution < -0.4 is 5.32 Å². The Labute approximate surface area is 174 Å². The van der Waals surface area contributed by atoms with E-state index in [4.69, 9.17) is 4.98 Å². The predicted octanol–water partition coefficient (Wildman–Crippen LogP) is 7.21. The van der Waals surface area contributed by atoms with Gasteiger partial charge in [-0.1, -0.05) is 87.0 Å². The summed E-state index contributed by atoms with van der Waals surface area (Å²) < 4.78 is 0. The van der Waals surface area contributed by atoms with Crippen molar-refractivity contribution >= 4 is 22.3 Å². The number of fused-ring (bicyclic) bond motifs is 1. The molecule has 0 radical (unpaired) electrons.